The van der Waals surface area contributed by atoms with Gasteiger partial charge >= 0.3 is 0 Å². The molecule has 0 bridgehead atoms. The van der Waals surface area contributed by atoms with Gasteiger partial charge in [0.2, 0.25) is 0 Å². The molecule has 1 fully saturated rings. The van der Waals surface area contributed by atoms with Crippen molar-refractivity contribution in [2.45, 2.75) is 24.6 Å². The van der Waals surface area contributed by atoms with Gasteiger partial charge in [-0.2, -0.15) is 0 Å². The lowest BCUT2D eigenvalue weighted by Gasteiger charge is -2.09. The van der Waals surface area contributed by atoms with E-state index in [1.807, 2.05) is 0 Å². The van der Waals surface area contributed by atoms with E-state index in [1.165, 1.54) is 15.3 Å². The summed E-state index contributed by atoms with van der Waals surface area (Å²) in [6.45, 7) is 1.33. The second kappa shape index (κ2) is 5.97. The summed E-state index contributed by atoms with van der Waals surface area (Å²) in [5.41, 5.74) is 1.26. The van der Waals surface area contributed by atoms with Crippen molar-refractivity contribution >= 4 is 32.5 Å². The first-order chi connectivity index (χ1) is 9.65. The average Bonchev–Trinajstić information content (AvgIpc) is 3.11. The predicted octanol–water partition coefficient (Wildman–Crippen LogP) is 3.14. The highest BCUT2D eigenvalue weighted by molar-refractivity contribution is 7.92. The SMILES string of the molecule is O=S1(=O)CCCC1CNCc1cc(-c2cccs2)cs1. The van der Waals surface area contributed by atoms with Crippen molar-refractivity contribution in [2.24, 2.45) is 0 Å². The molecule has 0 spiro atoms. The van der Waals surface area contributed by atoms with Crippen molar-refractivity contribution in [1.82, 2.24) is 5.32 Å². The molecule has 1 aliphatic heterocycles. The highest BCUT2D eigenvalue weighted by atomic mass is 32.2. The number of hydrogen-bond donors (Lipinski definition) is 1. The third kappa shape index (κ3) is 3.14. The van der Waals surface area contributed by atoms with Crippen LogP contribution in [0.25, 0.3) is 10.4 Å². The van der Waals surface area contributed by atoms with Crippen molar-refractivity contribution in [3.05, 3.63) is 33.8 Å². The summed E-state index contributed by atoms with van der Waals surface area (Å²) in [6, 6.07) is 6.36. The Balaban J connectivity index is 1.54. The lowest BCUT2D eigenvalue weighted by Crippen LogP contribution is -2.29. The summed E-state index contributed by atoms with van der Waals surface area (Å²) in [5, 5.41) is 7.35. The Morgan fingerprint density at radius 3 is 2.95 bits per heavy atom. The van der Waals surface area contributed by atoms with Gasteiger partial charge in [0.1, 0.15) is 0 Å². The minimum absolute atomic E-state index is 0.181. The van der Waals surface area contributed by atoms with Crippen LogP contribution in [0.5, 0.6) is 0 Å². The van der Waals surface area contributed by atoms with Crippen molar-refractivity contribution in [1.29, 1.82) is 0 Å². The van der Waals surface area contributed by atoms with Gasteiger partial charge in [0.05, 0.1) is 11.0 Å². The molecule has 3 heterocycles. The second-order valence-electron chi connectivity index (χ2n) is 5.04. The van der Waals surface area contributed by atoms with Crippen LogP contribution in [0.4, 0.5) is 0 Å². The van der Waals surface area contributed by atoms with Gasteiger partial charge in [0.15, 0.2) is 9.84 Å². The van der Waals surface area contributed by atoms with Crippen molar-refractivity contribution in [3.63, 3.8) is 0 Å². The summed E-state index contributed by atoms with van der Waals surface area (Å²) in [5.74, 6) is 0.362. The topological polar surface area (TPSA) is 46.2 Å². The van der Waals surface area contributed by atoms with Gasteiger partial charge in [-0.1, -0.05) is 6.07 Å². The predicted molar refractivity (Wildman–Crippen MR) is 86.1 cm³/mol. The van der Waals surface area contributed by atoms with Gasteiger partial charge in [-0.05, 0) is 35.7 Å². The lowest BCUT2D eigenvalue weighted by atomic mass is 10.2. The molecule has 20 heavy (non-hydrogen) atoms. The van der Waals surface area contributed by atoms with E-state index in [2.05, 4.69) is 34.3 Å². The first-order valence-electron chi connectivity index (χ1n) is 6.69. The van der Waals surface area contributed by atoms with Gasteiger partial charge in [-0.3, -0.25) is 0 Å². The highest BCUT2D eigenvalue weighted by Gasteiger charge is 2.30. The van der Waals surface area contributed by atoms with E-state index in [0.29, 0.717) is 12.3 Å². The summed E-state index contributed by atoms with van der Waals surface area (Å²) in [6.07, 6.45) is 1.62. The van der Waals surface area contributed by atoms with E-state index in [9.17, 15) is 8.42 Å². The molecule has 0 radical (unpaired) electrons. The second-order valence-corrected chi connectivity index (χ2v) is 9.39. The molecule has 2 aromatic rings. The zero-order valence-corrected chi connectivity index (χ0v) is 13.5. The number of thiophene rings is 2. The van der Waals surface area contributed by atoms with Crippen molar-refractivity contribution in [2.75, 3.05) is 12.3 Å². The third-order valence-corrected chi connectivity index (χ3v) is 7.72. The fraction of sp³-hybridized carbons (Fsp3) is 0.429. The number of rotatable bonds is 5. The van der Waals surface area contributed by atoms with Crippen LogP contribution < -0.4 is 5.32 Å². The van der Waals surface area contributed by atoms with Crippen LogP contribution in [0, 0.1) is 0 Å². The molecule has 0 saturated carbocycles. The minimum atomic E-state index is -2.83. The summed E-state index contributed by atoms with van der Waals surface area (Å²) in [4.78, 5) is 2.54. The van der Waals surface area contributed by atoms with Gasteiger partial charge in [0, 0.05) is 28.4 Å². The maximum absolute atomic E-state index is 11.7. The van der Waals surface area contributed by atoms with Crippen LogP contribution in [-0.2, 0) is 16.4 Å². The van der Waals surface area contributed by atoms with E-state index in [-0.39, 0.29) is 5.25 Å². The largest absolute Gasteiger partial charge is 0.311 e. The van der Waals surface area contributed by atoms with Crippen LogP contribution in [0.2, 0.25) is 0 Å². The van der Waals surface area contributed by atoms with E-state index in [1.54, 1.807) is 22.7 Å². The molecule has 1 atom stereocenters. The Morgan fingerprint density at radius 2 is 2.25 bits per heavy atom. The molecule has 6 heteroatoms. The normalized spacial score (nSPS) is 21.3. The molecular formula is C14H17NO2S3. The van der Waals surface area contributed by atoms with Crippen LogP contribution in [0.3, 0.4) is 0 Å². The Labute approximate surface area is 127 Å². The first kappa shape index (κ1) is 14.3. The fourth-order valence-corrected chi connectivity index (χ4v) is 5.93. The standard InChI is InChI=1S/C14H17NO2S3/c16-20(17)6-2-3-13(20)9-15-8-12-7-11(10-19-12)14-4-1-5-18-14/h1,4-5,7,10,13,15H,2-3,6,8-9H2. The zero-order valence-electron chi connectivity index (χ0n) is 11.0. The van der Waals surface area contributed by atoms with Crippen LogP contribution in [0.15, 0.2) is 29.0 Å². The average molecular weight is 327 g/mol. The zero-order chi connectivity index (χ0) is 14.0. The smallest absolute Gasteiger partial charge is 0.154 e. The molecular weight excluding hydrogens is 310 g/mol. The Kier molecular flexibility index (Phi) is 4.26. The molecule has 1 N–H and O–H groups in total. The molecule has 0 aliphatic carbocycles. The fourth-order valence-electron chi connectivity index (χ4n) is 2.49. The van der Waals surface area contributed by atoms with Gasteiger partial charge in [0.25, 0.3) is 0 Å². The maximum Gasteiger partial charge on any atom is 0.154 e. The number of nitrogens with one attached hydrogen (secondary N) is 1. The molecule has 0 amide bonds. The van der Waals surface area contributed by atoms with Gasteiger partial charge in [-0.25, -0.2) is 8.42 Å². The minimum Gasteiger partial charge on any atom is -0.311 e. The van der Waals surface area contributed by atoms with Gasteiger partial charge in [-0.15, -0.1) is 22.7 Å². The Bertz CT molecular complexity index is 658. The quantitative estimate of drug-likeness (QED) is 0.917. The summed E-state index contributed by atoms with van der Waals surface area (Å²) < 4.78 is 23.5. The van der Waals surface area contributed by atoms with Gasteiger partial charge < -0.3 is 5.32 Å². The Hall–Kier alpha value is -0.690. The molecule has 108 valence electrons. The molecule has 0 aromatic carbocycles. The molecule has 3 nitrogen and oxygen atoms in total. The van der Waals surface area contributed by atoms with Crippen molar-refractivity contribution < 1.29 is 8.42 Å². The summed E-state index contributed by atoms with van der Waals surface area (Å²) >= 11 is 3.47. The first-order valence-corrected chi connectivity index (χ1v) is 10.2. The molecule has 1 unspecified atom stereocenters. The molecule has 2 aromatic heterocycles. The monoisotopic (exact) mass is 327 g/mol. The molecule has 3 rings (SSSR count). The molecule has 1 aliphatic rings. The third-order valence-electron chi connectivity index (χ3n) is 3.59. The van der Waals surface area contributed by atoms with E-state index < -0.39 is 9.84 Å². The van der Waals surface area contributed by atoms with E-state index in [0.717, 1.165) is 19.4 Å². The Morgan fingerprint density at radius 1 is 1.35 bits per heavy atom. The highest BCUT2D eigenvalue weighted by Crippen LogP contribution is 2.29. The maximum atomic E-state index is 11.7. The van der Waals surface area contributed by atoms with E-state index in [4.69, 9.17) is 0 Å². The van der Waals surface area contributed by atoms with Crippen LogP contribution >= 0.6 is 22.7 Å². The van der Waals surface area contributed by atoms with Crippen LogP contribution in [-0.4, -0.2) is 26.0 Å². The lowest BCUT2D eigenvalue weighted by molar-refractivity contribution is 0.575. The number of sulfone groups is 1. The number of hydrogen-bond acceptors (Lipinski definition) is 5. The van der Waals surface area contributed by atoms with Crippen LogP contribution in [0.1, 0.15) is 17.7 Å². The van der Waals surface area contributed by atoms with Crippen molar-refractivity contribution in [3.8, 4) is 10.4 Å². The van der Waals surface area contributed by atoms with E-state index >= 15 is 0 Å². The molecule has 1 saturated heterocycles. The summed E-state index contributed by atoms with van der Waals surface area (Å²) in [7, 11) is -2.83.